The SMILES string of the molecule is Cc1noc(C)c1CN(C)C(=O)c1ccc(C2SCCCS2)cc1. The monoisotopic (exact) mass is 362 g/mol. The molecule has 2 heterocycles. The van der Waals surface area contributed by atoms with Gasteiger partial charge in [0.15, 0.2) is 0 Å². The van der Waals surface area contributed by atoms with Crippen LogP contribution in [0.2, 0.25) is 0 Å². The molecule has 1 aliphatic rings. The normalized spacial score (nSPS) is 15.5. The smallest absolute Gasteiger partial charge is 0.253 e. The zero-order valence-corrected chi connectivity index (χ0v) is 15.9. The Hall–Kier alpha value is -1.40. The Labute approximate surface area is 151 Å². The zero-order chi connectivity index (χ0) is 17.1. The van der Waals surface area contributed by atoms with Gasteiger partial charge in [0, 0.05) is 18.2 Å². The lowest BCUT2D eigenvalue weighted by molar-refractivity contribution is 0.0784. The van der Waals surface area contributed by atoms with Gasteiger partial charge in [-0.05, 0) is 49.5 Å². The molecule has 2 aromatic rings. The van der Waals surface area contributed by atoms with E-state index in [1.807, 2.05) is 56.6 Å². The van der Waals surface area contributed by atoms with Crippen LogP contribution in [0.15, 0.2) is 28.8 Å². The van der Waals surface area contributed by atoms with E-state index >= 15 is 0 Å². The summed E-state index contributed by atoms with van der Waals surface area (Å²) in [5.41, 5.74) is 3.85. The van der Waals surface area contributed by atoms with Gasteiger partial charge in [0.05, 0.1) is 16.8 Å². The number of hydrogen-bond donors (Lipinski definition) is 0. The van der Waals surface area contributed by atoms with Crippen molar-refractivity contribution in [3.63, 3.8) is 0 Å². The second kappa shape index (κ2) is 7.66. The van der Waals surface area contributed by atoms with Gasteiger partial charge in [0.1, 0.15) is 5.76 Å². The highest BCUT2D eigenvalue weighted by molar-refractivity contribution is 8.16. The Morgan fingerprint density at radius 1 is 1.25 bits per heavy atom. The summed E-state index contributed by atoms with van der Waals surface area (Å²) in [5, 5.41) is 3.95. The lowest BCUT2D eigenvalue weighted by Crippen LogP contribution is -2.26. The number of aromatic nitrogens is 1. The van der Waals surface area contributed by atoms with E-state index in [0.29, 0.717) is 11.1 Å². The average Bonchev–Trinajstić information content (AvgIpc) is 2.94. The molecule has 128 valence electrons. The number of rotatable bonds is 4. The fourth-order valence-electron chi connectivity index (χ4n) is 2.72. The molecule has 3 rings (SSSR count). The van der Waals surface area contributed by atoms with Gasteiger partial charge in [-0.3, -0.25) is 4.79 Å². The molecule has 1 fully saturated rings. The van der Waals surface area contributed by atoms with Crippen molar-refractivity contribution in [2.75, 3.05) is 18.6 Å². The maximum atomic E-state index is 12.6. The molecule has 24 heavy (non-hydrogen) atoms. The molecule has 0 atom stereocenters. The van der Waals surface area contributed by atoms with Crippen molar-refractivity contribution in [2.45, 2.75) is 31.4 Å². The number of thioether (sulfide) groups is 2. The summed E-state index contributed by atoms with van der Waals surface area (Å²) >= 11 is 3.99. The quantitative estimate of drug-likeness (QED) is 0.805. The van der Waals surface area contributed by atoms with Crippen LogP contribution >= 0.6 is 23.5 Å². The topological polar surface area (TPSA) is 46.3 Å². The standard InChI is InChI=1S/C18H22N2O2S2/c1-12-16(13(2)22-19-12)11-20(3)17(21)14-5-7-15(8-6-14)18-23-9-4-10-24-18/h5-8,18H,4,9-11H2,1-3H3. The van der Waals surface area contributed by atoms with Crippen LogP contribution in [-0.4, -0.2) is 34.5 Å². The maximum Gasteiger partial charge on any atom is 0.253 e. The summed E-state index contributed by atoms with van der Waals surface area (Å²) in [4.78, 5) is 14.4. The number of carbonyl (C=O) groups is 1. The van der Waals surface area contributed by atoms with Gasteiger partial charge < -0.3 is 9.42 Å². The summed E-state index contributed by atoms with van der Waals surface area (Å²) < 4.78 is 5.67. The predicted molar refractivity (Wildman–Crippen MR) is 100 cm³/mol. The molecule has 0 bridgehead atoms. The number of hydrogen-bond acceptors (Lipinski definition) is 5. The number of aryl methyl sites for hydroxylation is 2. The molecule has 1 aliphatic heterocycles. The number of nitrogens with zero attached hydrogens (tertiary/aromatic N) is 2. The molecule has 0 radical (unpaired) electrons. The highest BCUT2D eigenvalue weighted by atomic mass is 32.2. The Morgan fingerprint density at radius 3 is 2.50 bits per heavy atom. The fraction of sp³-hybridized carbons (Fsp3) is 0.444. The minimum atomic E-state index is 0.0190. The van der Waals surface area contributed by atoms with Gasteiger partial charge in [0.25, 0.3) is 5.91 Å². The van der Waals surface area contributed by atoms with Crippen molar-refractivity contribution >= 4 is 29.4 Å². The highest BCUT2D eigenvalue weighted by Gasteiger charge is 2.19. The van der Waals surface area contributed by atoms with E-state index in [1.54, 1.807) is 4.90 Å². The van der Waals surface area contributed by atoms with Crippen LogP contribution in [-0.2, 0) is 6.54 Å². The van der Waals surface area contributed by atoms with Gasteiger partial charge >= 0.3 is 0 Å². The molecule has 1 aromatic heterocycles. The minimum absolute atomic E-state index is 0.0190. The number of amides is 1. The largest absolute Gasteiger partial charge is 0.361 e. The molecule has 0 unspecified atom stereocenters. The van der Waals surface area contributed by atoms with Crippen LogP contribution in [0.4, 0.5) is 0 Å². The van der Waals surface area contributed by atoms with E-state index in [-0.39, 0.29) is 5.91 Å². The maximum absolute atomic E-state index is 12.6. The molecule has 1 amide bonds. The van der Waals surface area contributed by atoms with Gasteiger partial charge in [-0.25, -0.2) is 0 Å². The van der Waals surface area contributed by atoms with E-state index in [9.17, 15) is 4.79 Å². The molecular formula is C18H22N2O2S2. The molecular weight excluding hydrogens is 340 g/mol. The van der Waals surface area contributed by atoms with Crippen molar-refractivity contribution in [1.82, 2.24) is 10.1 Å². The summed E-state index contributed by atoms with van der Waals surface area (Å²) in [7, 11) is 1.81. The molecule has 0 saturated carbocycles. The first-order valence-corrected chi connectivity index (χ1v) is 10.2. The van der Waals surface area contributed by atoms with Crippen molar-refractivity contribution in [1.29, 1.82) is 0 Å². The average molecular weight is 363 g/mol. The lowest BCUT2D eigenvalue weighted by atomic mass is 10.1. The molecule has 0 N–H and O–H groups in total. The Kier molecular flexibility index (Phi) is 5.56. The first-order valence-electron chi connectivity index (χ1n) is 8.06. The second-order valence-electron chi connectivity index (χ2n) is 6.01. The predicted octanol–water partition coefficient (Wildman–Crippen LogP) is 4.43. The van der Waals surface area contributed by atoms with Gasteiger partial charge in [-0.2, -0.15) is 0 Å². The van der Waals surface area contributed by atoms with E-state index in [0.717, 1.165) is 22.6 Å². The third kappa shape index (κ3) is 3.81. The third-order valence-electron chi connectivity index (χ3n) is 4.18. The van der Waals surface area contributed by atoms with E-state index < -0.39 is 0 Å². The van der Waals surface area contributed by atoms with Crippen LogP contribution in [0, 0.1) is 13.8 Å². The Bertz CT molecular complexity index is 687. The third-order valence-corrected chi connectivity index (χ3v) is 7.20. The summed E-state index contributed by atoms with van der Waals surface area (Å²) in [5.74, 6) is 3.23. The summed E-state index contributed by atoms with van der Waals surface area (Å²) in [6.45, 7) is 4.29. The number of benzene rings is 1. The Morgan fingerprint density at radius 2 is 1.92 bits per heavy atom. The van der Waals surface area contributed by atoms with Crippen molar-refractivity contribution in [3.8, 4) is 0 Å². The van der Waals surface area contributed by atoms with E-state index in [1.165, 1.54) is 23.5 Å². The van der Waals surface area contributed by atoms with Crippen molar-refractivity contribution in [2.24, 2.45) is 0 Å². The van der Waals surface area contributed by atoms with Gasteiger partial charge in [-0.15, -0.1) is 23.5 Å². The molecule has 4 nitrogen and oxygen atoms in total. The lowest BCUT2D eigenvalue weighted by Gasteiger charge is -2.22. The van der Waals surface area contributed by atoms with Crippen LogP contribution in [0.3, 0.4) is 0 Å². The zero-order valence-electron chi connectivity index (χ0n) is 14.2. The first kappa shape index (κ1) is 17.4. The molecule has 0 aliphatic carbocycles. The second-order valence-corrected chi connectivity index (χ2v) is 8.74. The molecule has 1 saturated heterocycles. The highest BCUT2D eigenvalue weighted by Crippen LogP contribution is 2.43. The van der Waals surface area contributed by atoms with Crippen LogP contribution in [0.5, 0.6) is 0 Å². The Balaban J connectivity index is 1.68. The van der Waals surface area contributed by atoms with E-state index in [2.05, 4.69) is 17.3 Å². The van der Waals surface area contributed by atoms with Crippen LogP contribution < -0.4 is 0 Å². The van der Waals surface area contributed by atoms with Crippen molar-refractivity contribution < 1.29 is 9.32 Å². The molecule has 6 heteroatoms. The summed E-state index contributed by atoms with van der Waals surface area (Å²) in [6.07, 6.45) is 1.29. The van der Waals surface area contributed by atoms with Crippen LogP contribution in [0.1, 0.15) is 43.9 Å². The van der Waals surface area contributed by atoms with Gasteiger partial charge in [-0.1, -0.05) is 17.3 Å². The van der Waals surface area contributed by atoms with Crippen molar-refractivity contribution in [3.05, 3.63) is 52.4 Å². The molecule has 1 aromatic carbocycles. The van der Waals surface area contributed by atoms with Gasteiger partial charge in [0.2, 0.25) is 0 Å². The fourth-order valence-corrected chi connectivity index (χ4v) is 5.61. The minimum Gasteiger partial charge on any atom is -0.361 e. The molecule has 0 spiro atoms. The first-order chi connectivity index (χ1) is 11.6. The van der Waals surface area contributed by atoms with E-state index in [4.69, 9.17) is 4.52 Å². The van der Waals surface area contributed by atoms with Crippen LogP contribution in [0.25, 0.3) is 0 Å². The summed E-state index contributed by atoms with van der Waals surface area (Å²) in [6, 6.07) is 8.06. The number of carbonyl (C=O) groups excluding carboxylic acids is 1.